The van der Waals surface area contributed by atoms with E-state index in [1.54, 1.807) is 18.8 Å². The first-order valence-corrected chi connectivity index (χ1v) is 5.03. The van der Waals surface area contributed by atoms with Crippen LogP contribution in [0.5, 0.6) is 0 Å². The number of rotatable bonds is 7. The van der Waals surface area contributed by atoms with E-state index in [1.807, 2.05) is 0 Å². The number of carbonyl (C=O) groups is 1. The van der Waals surface area contributed by atoms with Gasteiger partial charge in [0.05, 0.1) is 12.6 Å². The van der Waals surface area contributed by atoms with Gasteiger partial charge in [0.2, 0.25) is 5.91 Å². The molecule has 1 unspecified atom stereocenters. The lowest BCUT2D eigenvalue weighted by molar-refractivity contribution is -0.119. The maximum absolute atomic E-state index is 10.7. The van der Waals surface area contributed by atoms with E-state index in [-0.39, 0.29) is 18.6 Å². The van der Waals surface area contributed by atoms with Gasteiger partial charge in [-0.05, 0) is 19.2 Å². The zero-order valence-corrected chi connectivity index (χ0v) is 8.06. The molecule has 0 aliphatic carbocycles. The summed E-state index contributed by atoms with van der Waals surface area (Å²) in [6.07, 6.45) is 0.719. The Hall–Kier alpha value is -0.260. The first-order valence-electron chi connectivity index (χ1n) is 3.87. The van der Waals surface area contributed by atoms with Gasteiger partial charge in [0.15, 0.2) is 0 Å². The molecular weight excluding hydrogens is 176 g/mol. The Morgan fingerprint density at radius 2 is 2.33 bits per heavy atom. The minimum atomic E-state index is -0.318. The minimum Gasteiger partial charge on any atom is -0.396 e. The number of likely N-dealkylation sites (N-methyl/N-ethyl adjacent to an activating group) is 1. The lowest BCUT2D eigenvalue weighted by Gasteiger charge is -2.10. The van der Waals surface area contributed by atoms with Gasteiger partial charge in [0.1, 0.15) is 0 Å². The van der Waals surface area contributed by atoms with Gasteiger partial charge in [-0.3, -0.25) is 4.79 Å². The topological polar surface area (TPSA) is 75.3 Å². The van der Waals surface area contributed by atoms with E-state index in [4.69, 9.17) is 10.8 Å². The molecule has 0 bridgehead atoms. The van der Waals surface area contributed by atoms with Gasteiger partial charge in [-0.15, -0.1) is 0 Å². The highest BCUT2D eigenvalue weighted by Crippen LogP contribution is 2.03. The van der Waals surface area contributed by atoms with Gasteiger partial charge in [0.25, 0.3) is 0 Å². The SMILES string of the molecule is CNC(CCSCCO)C(N)=O. The van der Waals surface area contributed by atoms with Crippen molar-refractivity contribution in [3.63, 3.8) is 0 Å². The van der Waals surface area contributed by atoms with Gasteiger partial charge in [-0.25, -0.2) is 0 Å². The molecule has 1 amide bonds. The van der Waals surface area contributed by atoms with E-state index in [1.165, 1.54) is 0 Å². The summed E-state index contributed by atoms with van der Waals surface area (Å²) in [6, 6.07) is -0.240. The maximum atomic E-state index is 10.7. The van der Waals surface area contributed by atoms with Crippen molar-refractivity contribution in [2.45, 2.75) is 12.5 Å². The summed E-state index contributed by atoms with van der Waals surface area (Å²) in [5.74, 6) is 1.24. The standard InChI is InChI=1S/C7H16N2O2S/c1-9-6(7(8)11)2-4-12-5-3-10/h6,9-10H,2-5H2,1H3,(H2,8,11). The molecule has 0 saturated carbocycles. The summed E-state index contributed by atoms with van der Waals surface area (Å²) >= 11 is 1.62. The summed E-state index contributed by atoms with van der Waals surface area (Å²) in [6.45, 7) is 0.186. The number of hydrogen-bond donors (Lipinski definition) is 3. The summed E-state index contributed by atoms with van der Waals surface area (Å²) in [5, 5.41) is 11.3. The first-order chi connectivity index (χ1) is 5.72. The van der Waals surface area contributed by atoms with Gasteiger partial charge in [-0.2, -0.15) is 11.8 Å². The van der Waals surface area contributed by atoms with Crippen molar-refractivity contribution in [3.8, 4) is 0 Å². The molecule has 0 aliphatic rings. The largest absolute Gasteiger partial charge is 0.396 e. The second-order valence-electron chi connectivity index (χ2n) is 2.37. The van der Waals surface area contributed by atoms with Crippen LogP contribution in [0.2, 0.25) is 0 Å². The Kier molecular flexibility index (Phi) is 7.23. The number of aliphatic hydroxyl groups is 1. The zero-order valence-electron chi connectivity index (χ0n) is 7.25. The number of carbonyl (C=O) groups excluding carboxylic acids is 1. The summed E-state index contributed by atoms with van der Waals surface area (Å²) in [4.78, 5) is 10.7. The highest BCUT2D eigenvalue weighted by molar-refractivity contribution is 7.99. The van der Waals surface area contributed by atoms with Crippen molar-refractivity contribution in [2.24, 2.45) is 5.73 Å². The average Bonchev–Trinajstić information content (AvgIpc) is 2.04. The number of hydrogen-bond acceptors (Lipinski definition) is 4. The van der Waals surface area contributed by atoms with E-state index >= 15 is 0 Å². The molecular formula is C7H16N2O2S. The minimum absolute atomic E-state index is 0.186. The number of nitrogens with two attached hydrogens (primary N) is 1. The van der Waals surface area contributed by atoms with Crippen LogP contribution >= 0.6 is 11.8 Å². The van der Waals surface area contributed by atoms with Gasteiger partial charge < -0.3 is 16.2 Å². The number of primary amides is 1. The van der Waals surface area contributed by atoms with Crippen LogP contribution in [-0.4, -0.2) is 42.2 Å². The number of aliphatic hydroxyl groups excluding tert-OH is 1. The van der Waals surface area contributed by atoms with Crippen LogP contribution in [0, 0.1) is 0 Å². The average molecular weight is 192 g/mol. The summed E-state index contributed by atoms with van der Waals surface area (Å²) in [7, 11) is 1.71. The molecule has 4 N–H and O–H groups in total. The lowest BCUT2D eigenvalue weighted by atomic mass is 10.2. The smallest absolute Gasteiger partial charge is 0.234 e. The van der Waals surface area contributed by atoms with Crippen LogP contribution in [0.1, 0.15) is 6.42 Å². The van der Waals surface area contributed by atoms with Crippen molar-refractivity contribution in [3.05, 3.63) is 0 Å². The summed E-state index contributed by atoms with van der Waals surface area (Å²) in [5.41, 5.74) is 5.10. The lowest BCUT2D eigenvalue weighted by Crippen LogP contribution is -2.39. The quantitative estimate of drug-likeness (QED) is 0.460. The van der Waals surface area contributed by atoms with E-state index in [0.29, 0.717) is 0 Å². The molecule has 0 radical (unpaired) electrons. The molecule has 12 heavy (non-hydrogen) atoms. The molecule has 0 saturated heterocycles. The normalized spacial score (nSPS) is 12.8. The fraction of sp³-hybridized carbons (Fsp3) is 0.857. The van der Waals surface area contributed by atoms with Crippen LogP contribution in [-0.2, 0) is 4.79 Å². The number of thioether (sulfide) groups is 1. The molecule has 5 heteroatoms. The third-order valence-corrected chi connectivity index (χ3v) is 2.47. The van der Waals surface area contributed by atoms with E-state index in [2.05, 4.69) is 5.32 Å². The van der Waals surface area contributed by atoms with Crippen LogP contribution in [0.25, 0.3) is 0 Å². The summed E-state index contributed by atoms with van der Waals surface area (Å²) < 4.78 is 0. The number of nitrogens with one attached hydrogen (secondary N) is 1. The Morgan fingerprint density at radius 1 is 1.67 bits per heavy atom. The fourth-order valence-electron chi connectivity index (χ4n) is 0.797. The first kappa shape index (κ1) is 11.7. The van der Waals surface area contributed by atoms with Crippen molar-refractivity contribution in [2.75, 3.05) is 25.2 Å². The molecule has 0 fully saturated rings. The Labute approximate surface area is 76.9 Å². The predicted octanol–water partition coefficient (Wildman–Crippen LogP) is -0.825. The van der Waals surface area contributed by atoms with Crippen LogP contribution in [0.4, 0.5) is 0 Å². The predicted molar refractivity (Wildman–Crippen MR) is 51.1 cm³/mol. The van der Waals surface area contributed by atoms with Crippen molar-refractivity contribution in [1.29, 1.82) is 0 Å². The molecule has 0 aromatic heterocycles. The highest BCUT2D eigenvalue weighted by atomic mass is 32.2. The molecule has 72 valence electrons. The van der Waals surface area contributed by atoms with Crippen molar-refractivity contribution >= 4 is 17.7 Å². The van der Waals surface area contributed by atoms with E-state index < -0.39 is 0 Å². The van der Waals surface area contributed by atoms with Gasteiger partial charge >= 0.3 is 0 Å². The van der Waals surface area contributed by atoms with Crippen LogP contribution in [0.15, 0.2) is 0 Å². The fourth-order valence-corrected chi connectivity index (χ4v) is 1.53. The van der Waals surface area contributed by atoms with E-state index in [0.717, 1.165) is 17.9 Å². The molecule has 0 aromatic rings. The highest BCUT2D eigenvalue weighted by Gasteiger charge is 2.10. The molecule has 0 aromatic carbocycles. The van der Waals surface area contributed by atoms with Crippen molar-refractivity contribution < 1.29 is 9.90 Å². The molecule has 1 atom stereocenters. The second-order valence-corrected chi connectivity index (χ2v) is 3.59. The third-order valence-electron chi connectivity index (χ3n) is 1.48. The third kappa shape index (κ3) is 5.40. The maximum Gasteiger partial charge on any atom is 0.234 e. The molecule has 0 heterocycles. The molecule has 0 aliphatic heterocycles. The second kappa shape index (κ2) is 7.39. The Balaban J connectivity index is 3.38. The molecule has 0 spiro atoms. The van der Waals surface area contributed by atoms with Crippen molar-refractivity contribution in [1.82, 2.24) is 5.32 Å². The molecule has 0 rings (SSSR count). The van der Waals surface area contributed by atoms with Gasteiger partial charge in [-0.1, -0.05) is 0 Å². The Bertz CT molecular complexity index is 133. The number of amides is 1. The van der Waals surface area contributed by atoms with Gasteiger partial charge in [0, 0.05) is 5.75 Å². The van der Waals surface area contributed by atoms with Crippen LogP contribution < -0.4 is 11.1 Å². The zero-order chi connectivity index (χ0) is 9.40. The molecule has 4 nitrogen and oxygen atoms in total. The van der Waals surface area contributed by atoms with Crippen LogP contribution in [0.3, 0.4) is 0 Å². The Morgan fingerprint density at radius 3 is 2.75 bits per heavy atom. The monoisotopic (exact) mass is 192 g/mol. The van der Waals surface area contributed by atoms with E-state index in [9.17, 15) is 4.79 Å².